The van der Waals surface area contributed by atoms with E-state index in [1.54, 1.807) is 21.1 Å². The van der Waals surface area contributed by atoms with Crippen molar-refractivity contribution in [2.24, 2.45) is 4.99 Å². The molecule has 120 valence electrons. The molecule has 0 bridgehead atoms. The van der Waals surface area contributed by atoms with Gasteiger partial charge in [0.25, 0.3) is 0 Å². The molecule has 0 heterocycles. The Morgan fingerprint density at radius 1 is 0.800 bits per heavy atom. The molecule has 0 aromatic rings. The van der Waals surface area contributed by atoms with Gasteiger partial charge in [0, 0.05) is 47.7 Å². The Bertz CT molecular complexity index is 250. The minimum atomic E-state index is 0.00463. The highest BCUT2D eigenvalue weighted by molar-refractivity contribution is 5.78. The lowest BCUT2D eigenvalue weighted by Crippen LogP contribution is -2.11. The highest BCUT2D eigenvalue weighted by atomic mass is 16.1. The maximum Gasteiger partial charge on any atom is 0.216 e. The van der Waals surface area contributed by atoms with Gasteiger partial charge in [-0.25, -0.2) is 0 Å². The third-order valence-corrected chi connectivity index (χ3v) is 1.58. The zero-order valence-electron chi connectivity index (χ0n) is 14.5. The fourth-order valence-electron chi connectivity index (χ4n) is 0. The lowest BCUT2D eigenvalue weighted by atomic mass is 10.5. The van der Waals surface area contributed by atoms with Crippen molar-refractivity contribution in [1.82, 2.24) is 16.0 Å². The molecular formula is C14H32N4O2. The molecule has 0 aliphatic heterocycles. The fourth-order valence-corrected chi connectivity index (χ4v) is 0. The fraction of sp³-hybridized carbons (Fsp3) is 0.643. The van der Waals surface area contributed by atoms with Gasteiger partial charge in [0.05, 0.1) is 0 Å². The summed E-state index contributed by atoms with van der Waals surface area (Å²) in [4.78, 5) is 23.2. The van der Waals surface area contributed by atoms with E-state index < -0.39 is 0 Å². The van der Waals surface area contributed by atoms with Crippen molar-refractivity contribution in [2.75, 3.05) is 28.2 Å². The van der Waals surface area contributed by atoms with Crippen LogP contribution in [0.1, 0.15) is 34.6 Å². The lowest BCUT2D eigenvalue weighted by molar-refractivity contribution is -0.119. The van der Waals surface area contributed by atoms with E-state index in [0.717, 1.165) is 11.4 Å². The van der Waals surface area contributed by atoms with Gasteiger partial charge in [0.2, 0.25) is 11.8 Å². The standard InChI is InChI=1S/2C4H9N.2C3H7NO/c2*1-4(2)5-3;2*1-3(5)4-2/h1-3H3;5H,1H2,2-3H3;2*1-2H3,(H,4,5). The Labute approximate surface area is 124 Å². The first-order valence-electron chi connectivity index (χ1n) is 6.18. The minimum absolute atomic E-state index is 0.00463. The monoisotopic (exact) mass is 288 g/mol. The zero-order valence-corrected chi connectivity index (χ0v) is 14.5. The third-order valence-electron chi connectivity index (χ3n) is 1.58. The van der Waals surface area contributed by atoms with Crippen molar-refractivity contribution in [2.45, 2.75) is 34.6 Å². The SMILES string of the molecule is C=C(C)NC.CN=C(C)C.CNC(C)=O.CNC(C)=O. The normalized spacial score (nSPS) is 6.85. The number of nitrogens with zero attached hydrogens (tertiary/aromatic N) is 1. The van der Waals surface area contributed by atoms with Crippen LogP contribution in [-0.2, 0) is 9.59 Å². The second-order valence-electron chi connectivity index (χ2n) is 3.81. The third kappa shape index (κ3) is 98.0. The smallest absolute Gasteiger partial charge is 0.216 e. The quantitative estimate of drug-likeness (QED) is 0.637. The Balaban J connectivity index is -0.0000000853. The van der Waals surface area contributed by atoms with Crippen LogP contribution >= 0.6 is 0 Å². The Hall–Kier alpha value is -1.85. The number of carbonyl (C=O) groups excluding carboxylic acids is 2. The highest BCUT2D eigenvalue weighted by Crippen LogP contribution is 1.68. The van der Waals surface area contributed by atoms with E-state index in [1.807, 2.05) is 27.8 Å². The molecule has 0 atom stereocenters. The van der Waals surface area contributed by atoms with Gasteiger partial charge in [-0.15, -0.1) is 0 Å². The van der Waals surface area contributed by atoms with Crippen LogP contribution in [0.3, 0.4) is 0 Å². The predicted molar refractivity (Wildman–Crippen MR) is 88.1 cm³/mol. The summed E-state index contributed by atoms with van der Waals surface area (Å²) in [6.07, 6.45) is 0. The van der Waals surface area contributed by atoms with Gasteiger partial charge in [-0.1, -0.05) is 6.58 Å². The van der Waals surface area contributed by atoms with Gasteiger partial charge in [0.1, 0.15) is 0 Å². The van der Waals surface area contributed by atoms with Crippen molar-refractivity contribution < 1.29 is 9.59 Å². The molecule has 20 heavy (non-hydrogen) atoms. The summed E-state index contributed by atoms with van der Waals surface area (Å²) in [6, 6.07) is 0. The molecule has 3 N–H and O–H groups in total. The van der Waals surface area contributed by atoms with E-state index in [0.29, 0.717) is 0 Å². The molecule has 0 aliphatic rings. The number of rotatable bonds is 1. The van der Waals surface area contributed by atoms with Crippen molar-refractivity contribution in [3.8, 4) is 0 Å². The minimum Gasteiger partial charge on any atom is -0.392 e. The molecule has 0 saturated carbocycles. The number of hydrogen-bond acceptors (Lipinski definition) is 4. The first kappa shape index (κ1) is 26.7. The van der Waals surface area contributed by atoms with Crippen LogP contribution in [0.2, 0.25) is 0 Å². The first-order valence-corrected chi connectivity index (χ1v) is 6.18. The number of carbonyl (C=O) groups is 2. The largest absolute Gasteiger partial charge is 0.392 e. The zero-order chi connectivity index (χ0) is 17.1. The molecule has 6 nitrogen and oxygen atoms in total. The Morgan fingerprint density at radius 3 is 0.950 bits per heavy atom. The van der Waals surface area contributed by atoms with Crippen molar-refractivity contribution >= 4 is 17.5 Å². The van der Waals surface area contributed by atoms with E-state index in [2.05, 4.69) is 27.5 Å². The summed E-state index contributed by atoms with van der Waals surface area (Å²) in [6.45, 7) is 12.4. The molecule has 0 rings (SSSR count). The van der Waals surface area contributed by atoms with Crippen LogP contribution in [0.15, 0.2) is 17.3 Å². The maximum absolute atomic E-state index is 9.70. The van der Waals surface area contributed by atoms with E-state index in [1.165, 1.54) is 13.8 Å². The van der Waals surface area contributed by atoms with E-state index in [-0.39, 0.29) is 11.8 Å². The van der Waals surface area contributed by atoms with Crippen LogP contribution in [0.5, 0.6) is 0 Å². The number of hydrogen-bond donors (Lipinski definition) is 3. The van der Waals surface area contributed by atoms with E-state index in [9.17, 15) is 9.59 Å². The van der Waals surface area contributed by atoms with Gasteiger partial charge < -0.3 is 16.0 Å². The molecule has 0 unspecified atom stereocenters. The average Bonchev–Trinajstić information content (AvgIpc) is 2.40. The maximum atomic E-state index is 9.70. The van der Waals surface area contributed by atoms with Gasteiger partial charge >= 0.3 is 0 Å². The number of amides is 2. The Kier molecular flexibility index (Phi) is 29.8. The van der Waals surface area contributed by atoms with Crippen LogP contribution in [-0.4, -0.2) is 45.7 Å². The molecule has 0 fully saturated rings. The summed E-state index contributed by atoms with van der Waals surface area (Å²) in [5, 5.41) is 7.61. The Morgan fingerprint density at radius 2 is 0.950 bits per heavy atom. The molecule has 0 spiro atoms. The summed E-state index contributed by atoms with van der Waals surface area (Å²) in [5.41, 5.74) is 2.13. The molecule has 0 saturated heterocycles. The van der Waals surface area contributed by atoms with Crippen LogP contribution in [0.4, 0.5) is 0 Å². The molecule has 2 amide bonds. The average molecular weight is 288 g/mol. The number of aliphatic imine (C=N–C) groups is 1. The lowest BCUT2D eigenvalue weighted by Gasteiger charge is -1.87. The molecule has 0 radical (unpaired) electrons. The summed E-state index contributed by atoms with van der Waals surface area (Å²) < 4.78 is 0. The molecule has 6 heteroatoms. The van der Waals surface area contributed by atoms with Crippen molar-refractivity contribution in [1.29, 1.82) is 0 Å². The van der Waals surface area contributed by atoms with Gasteiger partial charge in [-0.2, -0.15) is 0 Å². The van der Waals surface area contributed by atoms with Crippen LogP contribution < -0.4 is 16.0 Å². The van der Waals surface area contributed by atoms with Crippen molar-refractivity contribution in [3.05, 3.63) is 12.3 Å². The first-order chi connectivity index (χ1) is 9.08. The second-order valence-corrected chi connectivity index (χ2v) is 3.81. The van der Waals surface area contributed by atoms with Crippen molar-refractivity contribution in [3.63, 3.8) is 0 Å². The second kappa shape index (κ2) is 22.3. The summed E-state index contributed by atoms with van der Waals surface area (Å²) in [5.74, 6) is 0.00926. The highest BCUT2D eigenvalue weighted by Gasteiger charge is 1.73. The molecule has 0 aromatic heterocycles. The van der Waals surface area contributed by atoms with Gasteiger partial charge in [-0.3, -0.25) is 14.6 Å². The summed E-state index contributed by atoms with van der Waals surface area (Å²) in [7, 11) is 6.84. The molecule has 0 aromatic carbocycles. The summed E-state index contributed by atoms with van der Waals surface area (Å²) >= 11 is 0. The molecule has 0 aliphatic carbocycles. The van der Waals surface area contributed by atoms with E-state index >= 15 is 0 Å². The van der Waals surface area contributed by atoms with Crippen LogP contribution in [0, 0.1) is 0 Å². The van der Waals surface area contributed by atoms with E-state index in [4.69, 9.17) is 0 Å². The number of allylic oxidation sites excluding steroid dienone is 1. The van der Waals surface area contributed by atoms with Gasteiger partial charge in [-0.05, 0) is 26.5 Å². The number of nitrogens with one attached hydrogen (secondary N) is 3. The predicted octanol–water partition coefficient (Wildman–Crippen LogP) is 1.34. The van der Waals surface area contributed by atoms with Gasteiger partial charge in [0.15, 0.2) is 0 Å². The topological polar surface area (TPSA) is 82.6 Å². The van der Waals surface area contributed by atoms with Crippen LogP contribution in [0.25, 0.3) is 0 Å². The molecular weight excluding hydrogens is 256 g/mol.